The third-order valence-electron chi connectivity index (χ3n) is 2.66. The molecular formula is C9H11NO. The van der Waals surface area contributed by atoms with Crippen LogP contribution in [0, 0.1) is 35.0 Å². The van der Waals surface area contributed by atoms with Crippen molar-refractivity contribution in [1.29, 1.82) is 5.26 Å². The minimum atomic E-state index is -1.26. The molecule has 0 bridgehead atoms. The molecule has 0 radical (unpaired) electrons. The first-order valence-electron chi connectivity index (χ1n) is 3.61. The second kappa shape index (κ2) is 2.00. The summed E-state index contributed by atoms with van der Waals surface area (Å²) >= 11 is 0. The topological polar surface area (TPSA) is 44.0 Å². The number of nitrogens with zero attached hydrogens (tertiary/aromatic N) is 1. The van der Waals surface area contributed by atoms with E-state index in [9.17, 15) is 5.11 Å². The predicted octanol–water partition coefficient (Wildman–Crippen LogP) is 0.920. The van der Waals surface area contributed by atoms with E-state index in [4.69, 9.17) is 11.7 Å². The molecule has 2 heteroatoms. The van der Waals surface area contributed by atoms with Gasteiger partial charge in [0.2, 0.25) is 0 Å². The Hall–Kier alpha value is -0.990. The van der Waals surface area contributed by atoms with Crippen LogP contribution in [0.25, 0.3) is 0 Å². The maximum atomic E-state index is 9.63. The first-order chi connectivity index (χ1) is 5.00. The van der Waals surface area contributed by atoms with Crippen LogP contribution in [0.5, 0.6) is 0 Å². The molecule has 1 aliphatic carbocycles. The normalized spacial score (nSPS) is 39.9. The largest absolute Gasteiger partial charge is 0.376 e. The molecule has 0 aromatic carbocycles. The van der Waals surface area contributed by atoms with Gasteiger partial charge in [0.25, 0.3) is 0 Å². The highest BCUT2D eigenvalue weighted by Gasteiger charge is 2.62. The van der Waals surface area contributed by atoms with E-state index in [2.05, 4.69) is 12.0 Å². The summed E-state index contributed by atoms with van der Waals surface area (Å²) in [7, 11) is 0. The lowest BCUT2D eigenvalue weighted by Gasteiger charge is -2.22. The summed E-state index contributed by atoms with van der Waals surface area (Å²) in [5.41, 5.74) is -1.94. The highest BCUT2D eigenvalue weighted by atomic mass is 16.3. The van der Waals surface area contributed by atoms with Gasteiger partial charge in [-0.1, -0.05) is 12.8 Å². The molecule has 58 valence electrons. The van der Waals surface area contributed by atoms with Gasteiger partial charge in [-0.15, -0.1) is 6.42 Å². The molecule has 1 fully saturated rings. The Morgan fingerprint density at radius 2 is 2.27 bits per heavy atom. The molecule has 11 heavy (non-hydrogen) atoms. The number of aliphatic hydroxyl groups is 1. The lowest BCUT2D eigenvalue weighted by atomic mass is 9.86. The van der Waals surface area contributed by atoms with Gasteiger partial charge in [0.05, 0.1) is 11.5 Å². The van der Waals surface area contributed by atoms with Crippen molar-refractivity contribution in [2.75, 3.05) is 0 Å². The minimum Gasteiger partial charge on any atom is -0.376 e. The molecule has 0 unspecified atom stereocenters. The molecule has 1 saturated carbocycles. The summed E-state index contributed by atoms with van der Waals surface area (Å²) in [6, 6.07) is 2.10. The summed E-state index contributed by atoms with van der Waals surface area (Å²) < 4.78 is 0. The fourth-order valence-corrected chi connectivity index (χ4v) is 1.50. The van der Waals surface area contributed by atoms with E-state index >= 15 is 0 Å². The minimum absolute atomic E-state index is 0.221. The summed E-state index contributed by atoms with van der Waals surface area (Å²) in [6.45, 7) is 3.45. The maximum absolute atomic E-state index is 9.63. The Morgan fingerprint density at radius 3 is 2.36 bits per heavy atom. The lowest BCUT2D eigenvalue weighted by Crippen LogP contribution is -2.34. The number of rotatable bonds is 1. The van der Waals surface area contributed by atoms with Crippen LogP contribution < -0.4 is 0 Å². The van der Waals surface area contributed by atoms with Crippen LogP contribution in [0.15, 0.2) is 0 Å². The Balaban J connectivity index is 2.94. The van der Waals surface area contributed by atoms with Crippen molar-refractivity contribution < 1.29 is 5.11 Å². The molecule has 0 spiro atoms. The smallest absolute Gasteiger partial charge is 0.141 e. The van der Waals surface area contributed by atoms with Gasteiger partial charge in [-0.05, 0) is 19.3 Å². The van der Waals surface area contributed by atoms with Crippen LogP contribution in [0.3, 0.4) is 0 Å². The zero-order valence-corrected chi connectivity index (χ0v) is 6.76. The summed E-state index contributed by atoms with van der Waals surface area (Å²) in [6.07, 6.45) is 5.83. The van der Waals surface area contributed by atoms with E-state index in [1.54, 1.807) is 0 Å². The molecule has 2 nitrogen and oxygen atoms in total. The molecule has 0 saturated heterocycles. The van der Waals surface area contributed by atoms with Crippen molar-refractivity contribution in [3.05, 3.63) is 0 Å². The molecule has 3 atom stereocenters. The highest BCUT2D eigenvalue weighted by Crippen LogP contribution is 2.58. The molecule has 0 aromatic rings. The van der Waals surface area contributed by atoms with Gasteiger partial charge in [-0.2, -0.15) is 5.26 Å². The van der Waals surface area contributed by atoms with Crippen molar-refractivity contribution in [3.63, 3.8) is 0 Å². The third kappa shape index (κ3) is 0.836. The molecule has 0 heterocycles. The number of nitriles is 1. The second-order valence-electron chi connectivity index (χ2n) is 3.40. The van der Waals surface area contributed by atoms with Crippen molar-refractivity contribution in [1.82, 2.24) is 0 Å². The fraction of sp³-hybridized carbons (Fsp3) is 0.667. The van der Waals surface area contributed by atoms with Crippen LogP contribution in [-0.4, -0.2) is 10.7 Å². The number of hydrogen-bond donors (Lipinski definition) is 1. The van der Waals surface area contributed by atoms with E-state index < -0.39 is 11.0 Å². The maximum Gasteiger partial charge on any atom is 0.141 e. The van der Waals surface area contributed by atoms with E-state index in [0.717, 1.165) is 0 Å². The standard InChI is InChI=1S/C9H11NO/c1-4-8(3,11)9(6-10)5-7(9)2/h1,7,11H,5H2,2-3H3/t7-,8-,9+/m0/s1. The van der Waals surface area contributed by atoms with Crippen molar-refractivity contribution in [2.45, 2.75) is 25.9 Å². The molecular weight excluding hydrogens is 138 g/mol. The van der Waals surface area contributed by atoms with Gasteiger partial charge in [0.1, 0.15) is 5.60 Å². The second-order valence-corrected chi connectivity index (χ2v) is 3.40. The number of terminal acetylenes is 1. The molecule has 1 aliphatic rings. The molecule has 1 rings (SSSR count). The fourth-order valence-electron chi connectivity index (χ4n) is 1.50. The van der Waals surface area contributed by atoms with E-state index in [1.165, 1.54) is 6.92 Å². The zero-order chi connectivity index (χ0) is 8.70. The van der Waals surface area contributed by atoms with E-state index in [-0.39, 0.29) is 5.92 Å². The summed E-state index contributed by atoms with van der Waals surface area (Å²) in [4.78, 5) is 0. The van der Waals surface area contributed by atoms with Gasteiger partial charge in [0, 0.05) is 0 Å². The Kier molecular flexibility index (Phi) is 1.47. The lowest BCUT2D eigenvalue weighted by molar-refractivity contribution is 0.0616. The van der Waals surface area contributed by atoms with Gasteiger partial charge in [-0.25, -0.2) is 0 Å². The van der Waals surface area contributed by atoms with E-state index in [0.29, 0.717) is 6.42 Å². The van der Waals surface area contributed by atoms with Gasteiger partial charge < -0.3 is 5.11 Å². The average molecular weight is 149 g/mol. The summed E-state index contributed by atoms with van der Waals surface area (Å²) in [5.74, 6) is 2.48. The first kappa shape index (κ1) is 8.11. The average Bonchev–Trinajstić information content (AvgIpc) is 2.63. The molecule has 0 amide bonds. The predicted molar refractivity (Wildman–Crippen MR) is 41.3 cm³/mol. The van der Waals surface area contributed by atoms with Crippen LogP contribution in [0.4, 0.5) is 0 Å². The first-order valence-corrected chi connectivity index (χ1v) is 3.61. The van der Waals surface area contributed by atoms with Crippen LogP contribution in [0.2, 0.25) is 0 Å². The Labute approximate surface area is 66.8 Å². The van der Waals surface area contributed by atoms with Gasteiger partial charge >= 0.3 is 0 Å². The SMILES string of the molecule is C#C[C@](C)(O)[C@@]1(C#N)C[C@@H]1C. The van der Waals surface area contributed by atoms with Crippen LogP contribution in [0.1, 0.15) is 20.3 Å². The monoisotopic (exact) mass is 149 g/mol. The van der Waals surface area contributed by atoms with Crippen LogP contribution in [-0.2, 0) is 0 Å². The third-order valence-corrected chi connectivity index (χ3v) is 2.66. The Morgan fingerprint density at radius 1 is 1.82 bits per heavy atom. The highest BCUT2D eigenvalue weighted by molar-refractivity contribution is 5.30. The Bertz CT molecular complexity index is 256. The molecule has 0 aromatic heterocycles. The molecule has 1 N–H and O–H groups in total. The van der Waals surface area contributed by atoms with Crippen molar-refractivity contribution >= 4 is 0 Å². The molecule has 0 aliphatic heterocycles. The van der Waals surface area contributed by atoms with Crippen molar-refractivity contribution in [3.8, 4) is 18.4 Å². The van der Waals surface area contributed by atoms with Crippen molar-refractivity contribution in [2.24, 2.45) is 11.3 Å². The quantitative estimate of drug-likeness (QED) is 0.563. The number of hydrogen-bond acceptors (Lipinski definition) is 2. The van der Waals surface area contributed by atoms with E-state index in [1.807, 2.05) is 6.92 Å². The van der Waals surface area contributed by atoms with Gasteiger partial charge in [-0.3, -0.25) is 0 Å². The van der Waals surface area contributed by atoms with Crippen LogP contribution >= 0.6 is 0 Å². The van der Waals surface area contributed by atoms with Gasteiger partial charge in [0.15, 0.2) is 0 Å². The summed E-state index contributed by atoms with van der Waals surface area (Å²) in [5, 5.41) is 18.4. The zero-order valence-electron chi connectivity index (χ0n) is 6.76.